The number of hydrogen-bond donors (Lipinski definition) is 3. The number of fused-ring (bicyclic) bond motifs is 1. The number of aliphatic hydroxyl groups is 1. The summed E-state index contributed by atoms with van der Waals surface area (Å²) in [5, 5.41) is 14.7. The average Bonchev–Trinajstić information content (AvgIpc) is 2.85. The van der Waals surface area contributed by atoms with E-state index in [9.17, 15) is 36.3 Å². The molecule has 3 rings (SSSR count). The van der Waals surface area contributed by atoms with E-state index in [-0.39, 0.29) is 48.3 Å². The van der Waals surface area contributed by atoms with Crippen LogP contribution in [0.5, 0.6) is 5.75 Å². The number of amides is 3. The van der Waals surface area contributed by atoms with E-state index in [0.717, 1.165) is 34.8 Å². The fourth-order valence-corrected chi connectivity index (χ4v) is 4.39. The van der Waals surface area contributed by atoms with Gasteiger partial charge in [-0.25, -0.2) is 17.5 Å². The molecule has 0 bridgehead atoms. The molecule has 1 aliphatic rings. The number of rotatable bonds is 7. The first kappa shape index (κ1) is 30.2. The Kier molecular flexibility index (Phi) is 9.13. The Labute approximate surface area is 224 Å². The second-order valence-corrected chi connectivity index (χ2v) is 11.6. The van der Waals surface area contributed by atoms with E-state index in [2.05, 4.69) is 10.6 Å². The SMILES string of the molecule is C[C@@H]1CN([C@H](C)CO)C(=O)c2cccc(NC(=O)Nc3ccc(C(F)(F)F)cc3)c2O[C@@H]1CN(C)S(C)(=O)=O. The number of hydrogen-bond acceptors (Lipinski definition) is 6. The van der Waals surface area contributed by atoms with Gasteiger partial charge in [0.2, 0.25) is 10.0 Å². The number of ether oxygens (including phenoxy) is 1. The molecule has 0 saturated heterocycles. The second kappa shape index (κ2) is 11.8. The van der Waals surface area contributed by atoms with Crippen molar-refractivity contribution in [2.75, 3.05) is 43.6 Å². The van der Waals surface area contributed by atoms with Crippen molar-refractivity contribution in [1.82, 2.24) is 9.21 Å². The highest BCUT2D eigenvalue weighted by Crippen LogP contribution is 2.35. The molecular formula is C25H31F3N4O6S. The number of alkyl halides is 3. The second-order valence-electron chi connectivity index (χ2n) is 9.50. The van der Waals surface area contributed by atoms with Gasteiger partial charge in [-0.2, -0.15) is 13.2 Å². The van der Waals surface area contributed by atoms with Crippen molar-refractivity contribution >= 4 is 33.3 Å². The number of carbonyl (C=O) groups is 2. The minimum absolute atomic E-state index is 0.00124. The number of anilines is 2. The van der Waals surface area contributed by atoms with E-state index in [4.69, 9.17) is 4.74 Å². The van der Waals surface area contributed by atoms with Crippen LogP contribution in [-0.2, 0) is 16.2 Å². The Hall–Kier alpha value is -3.36. The van der Waals surface area contributed by atoms with Crippen molar-refractivity contribution in [2.45, 2.75) is 32.2 Å². The Morgan fingerprint density at radius 2 is 1.85 bits per heavy atom. The number of halogens is 3. The van der Waals surface area contributed by atoms with Crippen LogP contribution in [0.15, 0.2) is 42.5 Å². The van der Waals surface area contributed by atoms with Crippen molar-refractivity contribution in [3.63, 3.8) is 0 Å². The van der Waals surface area contributed by atoms with Gasteiger partial charge in [0.1, 0.15) is 6.10 Å². The summed E-state index contributed by atoms with van der Waals surface area (Å²) in [7, 11) is -2.17. The minimum Gasteiger partial charge on any atom is -0.486 e. The lowest BCUT2D eigenvalue weighted by atomic mass is 9.99. The van der Waals surface area contributed by atoms with Gasteiger partial charge in [0.15, 0.2) is 5.75 Å². The highest BCUT2D eigenvalue weighted by molar-refractivity contribution is 7.88. The Morgan fingerprint density at radius 1 is 1.21 bits per heavy atom. The lowest BCUT2D eigenvalue weighted by Gasteiger charge is -2.38. The number of urea groups is 1. The molecule has 0 aliphatic carbocycles. The van der Waals surface area contributed by atoms with Crippen LogP contribution in [0.1, 0.15) is 29.8 Å². The zero-order chi connectivity index (χ0) is 29.1. The standard InChI is InChI=1S/C25H31F3N4O6S/c1-15-12-32(16(2)14-33)23(34)19-6-5-7-20(22(19)38-21(15)13-31(3)39(4,36)37)30-24(35)29-18-10-8-17(9-11-18)25(26,27)28/h5-11,15-16,21,33H,12-14H2,1-4H3,(H2,29,30,35)/t15-,16-,21-/m1/s1. The fourth-order valence-electron chi connectivity index (χ4n) is 3.98. The number of likely N-dealkylation sites (N-methyl/N-ethyl adjacent to an activating group) is 1. The van der Waals surface area contributed by atoms with Gasteiger partial charge in [-0.15, -0.1) is 0 Å². The molecule has 39 heavy (non-hydrogen) atoms. The molecule has 1 aliphatic heterocycles. The number of sulfonamides is 1. The third-order valence-electron chi connectivity index (χ3n) is 6.41. The lowest BCUT2D eigenvalue weighted by Crippen LogP contribution is -2.50. The summed E-state index contributed by atoms with van der Waals surface area (Å²) >= 11 is 0. The topological polar surface area (TPSA) is 128 Å². The number of benzene rings is 2. The summed E-state index contributed by atoms with van der Waals surface area (Å²) in [5.74, 6) is -0.840. The van der Waals surface area contributed by atoms with Gasteiger partial charge in [0.05, 0.1) is 42.3 Å². The van der Waals surface area contributed by atoms with E-state index < -0.39 is 45.8 Å². The molecule has 3 amide bonds. The van der Waals surface area contributed by atoms with Crippen LogP contribution in [0, 0.1) is 5.92 Å². The van der Waals surface area contributed by atoms with E-state index in [1.807, 2.05) is 0 Å². The van der Waals surface area contributed by atoms with Gasteiger partial charge in [0.25, 0.3) is 5.91 Å². The average molecular weight is 573 g/mol. The first-order valence-electron chi connectivity index (χ1n) is 12.0. The van der Waals surface area contributed by atoms with Crippen LogP contribution < -0.4 is 15.4 Å². The highest BCUT2D eigenvalue weighted by atomic mass is 32.2. The molecule has 3 atom stereocenters. The molecule has 10 nitrogen and oxygen atoms in total. The molecule has 14 heteroatoms. The van der Waals surface area contributed by atoms with Crippen LogP contribution in [0.25, 0.3) is 0 Å². The molecule has 0 radical (unpaired) electrons. The fraction of sp³-hybridized carbons (Fsp3) is 0.440. The molecule has 0 spiro atoms. The van der Waals surface area contributed by atoms with Crippen molar-refractivity contribution < 1.29 is 41.0 Å². The largest absolute Gasteiger partial charge is 0.486 e. The molecule has 2 aromatic carbocycles. The quantitative estimate of drug-likeness (QED) is 0.466. The van der Waals surface area contributed by atoms with Crippen molar-refractivity contribution in [2.24, 2.45) is 5.92 Å². The minimum atomic E-state index is -4.52. The number of aliphatic hydroxyl groups excluding tert-OH is 1. The molecule has 0 unspecified atom stereocenters. The summed E-state index contributed by atoms with van der Waals surface area (Å²) in [6.45, 7) is 3.26. The third-order valence-corrected chi connectivity index (χ3v) is 7.69. The van der Waals surface area contributed by atoms with Crippen molar-refractivity contribution in [3.8, 4) is 5.75 Å². The number of nitrogens with zero attached hydrogens (tertiary/aromatic N) is 2. The van der Waals surface area contributed by atoms with Crippen LogP contribution in [0.2, 0.25) is 0 Å². The van der Waals surface area contributed by atoms with E-state index in [0.29, 0.717) is 0 Å². The van der Waals surface area contributed by atoms with Crippen LogP contribution in [0.4, 0.5) is 29.3 Å². The molecule has 2 aromatic rings. The zero-order valence-corrected chi connectivity index (χ0v) is 22.6. The van der Waals surface area contributed by atoms with E-state index in [1.165, 1.54) is 30.1 Å². The zero-order valence-electron chi connectivity index (χ0n) is 21.8. The van der Waals surface area contributed by atoms with E-state index in [1.54, 1.807) is 13.8 Å². The highest BCUT2D eigenvalue weighted by Gasteiger charge is 2.35. The van der Waals surface area contributed by atoms with Crippen LogP contribution >= 0.6 is 0 Å². The molecule has 3 N–H and O–H groups in total. The normalized spacial score (nSPS) is 19.0. The predicted molar refractivity (Wildman–Crippen MR) is 139 cm³/mol. The third kappa shape index (κ3) is 7.40. The summed E-state index contributed by atoms with van der Waals surface area (Å²) < 4.78 is 70.0. The monoisotopic (exact) mass is 572 g/mol. The van der Waals surface area contributed by atoms with Crippen LogP contribution in [-0.4, -0.2) is 79.8 Å². The smallest absolute Gasteiger partial charge is 0.416 e. The number of nitrogens with one attached hydrogen (secondary N) is 2. The predicted octanol–water partition coefficient (Wildman–Crippen LogP) is 3.46. The van der Waals surface area contributed by atoms with Gasteiger partial charge in [-0.1, -0.05) is 13.0 Å². The maximum Gasteiger partial charge on any atom is 0.416 e. The van der Waals surface area contributed by atoms with E-state index >= 15 is 0 Å². The molecular weight excluding hydrogens is 541 g/mol. The number of para-hydroxylation sites is 1. The van der Waals surface area contributed by atoms with Gasteiger partial charge in [0, 0.05) is 25.2 Å². The molecule has 0 fully saturated rings. The molecule has 214 valence electrons. The summed E-state index contributed by atoms with van der Waals surface area (Å²) in [6.07, 6.45) is -4.21. The summed E-state index contributed by atoms with van der Waals surface area (Å²) in [5.41, 5.74) is -0.601. The number of carbonyl (C=O) groups excluding carboxylic acids is 2. The van der Waals surface area contributed by atoms with Crippen molar-refractivity contribution in [1.29, 1.82) is 0 Å². The lowest BCUT2D eigenvalue weighted by molar-refractivity contribution is -0.137. The summed E-state index contributed by atoms with van der Waals surface area (Å²) in [4.78, 5) is 27.7. The maximum atomic E-state index is 13.5. The van der Waals surface area contributed by atoms with Gasteiger partial charge in [-0.05, 0) is 43.3 Å². The maximum absolute atomic E-state index is 13.5. The Balaban J connectivity index is 1.95. The van der Waals surface area contributed by atoms with Crippen LogP contribution in [0.3, 0.4) is 0 Å². The van der Waals surface area contributed by atoms with Gasteiger partial charge < -0.3 is 25.4 Å². The Bertz CT molecular complexity index is 1300. The molecule has 1 heterocycles. The molecule has 0 aromatic heterocycles. The first-order chi connectivity index (χ1) is 18.1. The Morgan fingerprint density at radius 3 is 2.41 bits per heavy atom. The van der Waals surface area contributed by atoms with Gasteiger partial charge in [-0.3, -0.25) is 4.79 Å². The molecule has 0 saturated carbocycles. The first-order valence-corrected chi connectivity index (χ1v) is 13.8. The van der Waals surface area contributed by atoms with Crippen molar-refractivity contribution in [3.05, 3.63) is 53.6 Å². The van der Waals surface area contributed by atoms with Gasteiger partial charge >= 0.3 is 12.2 Å². The summed E-state index contributed by atoms with van der Waals surface area (Å²) in [6, 6.07) is 6.98.